The molecule has 8 heteroatoms. The number of carbonyl (C=O) groups excluding carboxylic acids is 2. The van der Waals surface area contributed by atoms with E-state index in [1.165, 1.54) is 36.8 Å². The zero-order valence-electron chi connectivity index (χ0n) is 25.6. The van der Waals surface area contributed by atoms with Crippen LogP contribution in [-0.2, 0) is 31.9 Å². The minimum absolute atomic E-state index is 0.0912. The molecule has 0 aliphatic carbocycles. The third kappa shape index (κ3) is 10.1. The van der Waals surface area contributed by atoms with E-state index in [4.69, 9.17) is 29.2 Å². The molecule has 8 nitrogen and oxygen atoms in total. The molecule has 0 saturated heterocycles. The molecule has 2 N–H and O–H groups in total. The van der Waals surface area contributed by atoms with Gasteiger partial charge in [-0.3, -0.25) is 0 Å². The van der Waals surface area contributed by atoms with E-state index in [1.54, 1.807) is 18.2 Å². The van der Waals surface area contributed by atoms with Gasteiger partial charge >= 0.3 is 11.9 Å². The Morgan fingerprint density at radius 3 is 1.77 bits per heavy atom. The third-order valence-corrected chi connectivity index (χ3v) is 7.07. The lowest BCUT2D eigenvalue weighted by atomic mass is 9.93. The maximum atomic E-state index is 11.9. The molecule has 0 unspecified atom stereocenters. The van der Waals surface area contributed by atoms with E-state index in [-0.39, 0.29) is 11.1 Å². The smallest absolute Gasteiger partial charge is 0.338 e. The summed E-state index contributed by atoms with van der Waals surface area (Å²) in [5, 5.41) is 18.1. The fraction of sp³-hybridized carbons (Fsp3) is 0.333. The first-order valence-electron chi connectivity index (χ1n) is 14.8. The average Bonchev–Trinajstić information content (AvgIpc) is 3.05. The van der Waals surface area contributed by atoms with Crippen LogP contribution in [0.4, 0.5) is 0 Å². The Bertz CT molecular complexity index is 1370. The Morgan fingerprint density at radius 2 is 1.25 bits per heavy atom. The Balaban J connectivity index is 1.83. The molecule has 0 radical (unpaired) electrons. The molecule has 0 bridgehead atoms. The number of aliphatic hydroxyl groups is 2. The molecule has 0 aromatic heterocycles. The van der Waals surface area contributed by atoms with Crippen LogP contribution in [0, 0.1) is 0 Å². The lowest BCUT2D eigenvalue weighted by Gasteiger charge is -2.15. The van der Waals surface area contributed by atoms with Crippen molar-refractivity contribution in [3.63, 3.8) is 0 Å². The highest BCUT2D eigenvalue weighted by molar-refractivity contribution is 5.88. The molecule has 0 heterocycles. The largest absolute Gasteiger partial charge is 0.457 e. The second kappa shape index (κ2) is 17.7. The van der Waals surface area contributed by atoms with Crippen LogP contribution in [0.2, 0.25) is 0 Å². The summed E-state index contributed by atoms with van der Waals surface area (Å²) in [7, 11) is 0. The van der Waals surface area contributed by atoms with Crippen molar-refractivity contribution in [1.82, 2.24) is 0 Å². The van der Waals surface area contributed by atoms with Gasteiger partial charge in [0.1, 0.15) is 11.5 Å². The van der Waals surface area contributed by atoms with Gasteiger partial charge < -0.3 is 29.2 Å². The van der Waals surface area contributed by atoms with E-state index >= 15 is 0 Å². The maximum Gasteiger partial charge on any atom is 0.338 e. The van der Waals surface area contributed by atoms with E-state index in [0.29, 0.717) is 11.5 Å². The molecule has 0 amide bonds. The van der Waals surface area contributed by atoms with Crippen molar-refractivity contribution >= 4 is 11.9 Å². The minimum Gasteiger partial charge on any atom is -0.457 e. The van der Waals surface area contributed by atoms with Crippen LogP contribution in [0.1, 0.15) is 50.7 Å². The second-order valence-electron chi connectivity index (χ2n) is 10.3. The normalized spacial score (nSPS) is 10.6. The van der Waals surface area contributed by atoms with E-state index in [1.807, 2.05) is 6.07 Å². The van der Waals surface area contributed by atoms with Crippen LogP contribution in [0.25, 0.3) is 22.3 Å². The zero-order chi connectivity index (χ0) is 31.9. The monoisotopic (exact) mass is 602 g/mol. The minimum atomic E-state index is -0.774. The van der Waals surface area contributed by atoms with Gasteiger partial charge in [-0.15, -0.1) is 0 Å². The molecule has 0 aliphatic rings. The molecule has 3 aromatic rings. The van der Waals surface area contributed by atoms with Crippen LogP contribution in [0.15, 0.2) is 85.0 Å². The number of aryl methyl sites for hydroxylation is 2. The van der Waals surface area contributed by atoms with Crippen LogP contribution < -0.4 is 9.47 Å². The van der Waals surface area contributed by atoms with Crippen molar-refractivity contribution in [2.24, 2.45) is 0 Å². The Kier molecular flexibility index (Phi) is 13.7. The van der Waals surface area contributed by atoms with Gasteiger partial charge in [-0.05, 0) is 64.8 Å². The summed E-state index contributed by atoms with van der Waals surface area (Å²) in [6.45, 7) is 9.33. The van der Waals surface area contributed by atoms with Crippen molar-refractivity contribution in [3.05, 3.63) is 96.1 Å². The highest BCUT2D eigenvalue weighted by atomic mass is 16.7. The van der Waals surface area contributed by atoms with Crippen molar-refractivity contribution in [2.45, 2.75) is 52.4 Å². The van der Waals surface area contributed by atoms with Gasteiger partial charge in [0.25, 0.3) is 0 Å². The molecule has 234 valence electrons. The number of esters is 2. The van der Waals surface area contributed by atoms with E-state index in [0.717, 1.165) is 35.1 Å². The molecule has 3 rings (SSSR count). The van der Waals surface area contributed by atoms with E-state index in [9.17, 15) is 9.59 Å². The van der Waals surface area contributed by atoms with Crippen molar-refractivity contribution in [1.29, 1.82) is 0 Å². The predicted molar refractivity (Wildman–Crippen MR) is 170 cm³/mol. The Morgan fingerprint density at radius 1 is 0.682 bits per heavy atom. The summed E-state index contributed by atoms with van der Waals surface area (Å²) in [5.74, 6) is -0.877. The first-order valence-corrected chi connectivity index (χ1v) is 14.8. The number of ether oxygens (including phenoxy) is 4. The highest BCUT2D eigenvalue weighted by Crippen LogP contribution is 2.34. The molecule has 0 aliphatic heterocycles. The summed E-state index contributed by atoms with van der Waals surface area (Å²) in [5.41, 5.74) is 6.32. The van der Waals surface area contributed by atoms with Crippen LogP contribution >= 0.6 is 0 Å². The highest BCUT2D eigenvalue weighted by Gasteiger charge is 2.13. The van der Waals surface area contributed by atoms with Gasteiger partial charge in [-0.25, -0.2) is 9.59 Å². The van der Waals surface area contributed by atoms with Gasteiger partial charge in [0.05, 0.1) is 24.4 Å². The molecule has 3 aromatic carbocycles. The van der Waals surface area contributed by atoms with Gasteiger partial charge in [-0.1, -0.05) is 88.7 Å². The van der Waals surface area contributed by atoms with Crippen molar-refractivity contribution < 1.29 is 38.7 Å². The van der Waals surface area contributed by atoms with E-state index in [2.05, 4.69) is 63.4 Å². The molecule has 0 spiro atoms. The van der Waals surface area contributed by atoms with Crippen molar-refractivity contribution in [2.75, 3.05) is 26.8 Å². The number of rotatable bonds is 18. The first-order chi connectivity index (χ1) is 21.3. The lowest BCUT2D eigenvalue weighted by molar-refractivity contribution is -0.146. The van der Waals surface area contributed by atoms with Crippen molar-refractivity contribution in [3.8, 4) is 33.8 Å². The molecular formula is C36H42O8. The number of unbranched alkanes of at least 4 members (excludes halogenated alkanes) is 3. The summed E-state index contributed by atoms with van der Waals surface area (Å²) >= 11 is 0. The fourth-order valence-electron chi connectivity index (χ4n) is 4.49. The SMILES string of the molecule is C=C(CO)C(=O)OCOc1cc(OCOC(=O)C(=C)CO)cc(-c2ccc(-c3ccc(CCCCCC)cc3)c(CC)c2)c1. The van der Waals surface area contributed by atoms with Gasteiger partial charge in [-0.2, -0.15) is 0 Å². The maximum absolute atomic E-state index is 11.9. The molecule has 0 saturated carbocycles. The molecular weight excluding hydrogens is 560 g/mol. The number of hydrogen-bond donors (Lipinski definition) is 2. The molecule has 44 heavy (non-hydrogen) atoms. The number of hydrogen-bond acceptors (Lipinski definition) is 8. The van der Waals surface area contributed by atoms with Crippen LogP contribution in [-0.4, -0.2) is 49.0 Å². The third-order valence-electron chi connectivity index (χ3n) is 7.07. The second-order valence-corrected chi connectivity index (χ2v) is 10.3. The quantitative estimate of drug-likeness (QED) is 0.0729. The lowest BCUT2D eigenvalue weighted by Crippen LogP contribution is -2.14. The van der Waals surface area contributed by atoms with Crippen LogP contribution in [0.3, 0.4) is 0 Å². The molecule has 0 atom stereocenters. The summed E-state index contributed by atoms with van der Waals surface area (Å²) in [6.07, 6.45) is 6.88. The summed E-state index contributed by atoms with van der Waals surface area (Å²) < 4.78 is 21.3. The fourth-order valence-corrected chi connectivity index (χ4v) is 4.49. The Labute approximate surface area is 259 Å². The Hall–Kier alpha value is -4.40. The summed E-state index contributed by atoms with van der Waals surface area (Å²) in [6, 6.07) is 20.2. The summed E-state index contributed by atoms with van der Waals surface area (Å²) in [4.78, 5) is 23.7. The average molecular weight is 603 g/mol. The number of aliphatic hydroxyl groups excluding tert-OH is 2. The zero-order valence-corrected chi connectivity index (χ0v) is 25.6. The van der Waals surface area contributed by atoms with E-state index < -0.39 is 38.7 Å². The topological polar surface area (TPSA) is 112 Å². The first kappa shape index (κ1) is 34.1. The molecule has 0 fully saturated rings. The van der Waals surface area contributed by atoms with Gasteiger partial charge in [0.15, 0.2) is 0 Å². The predicted octanol–water partition coefficient (Wildman–Crippen LogP) is 6.56. The van der Waals surface area contributed by atoms with Crippen LogP contribution in [0.5, 0.6) is 11.5 Å². The number of benzene rings is 3. The van der Waals surface area contributed by atoms with Gasteiger partial charge in [0.2, 0.25) is 13.6 Å². The standard InChI is InChI=1S/C36H42O8/c1-5-7-8-9-10-27-11-13-29(14-12-27)34-16-15-30(17-28(34)6-2)31-18-32(41-23-43-35(39)25(3)21-37)20-33(19-31)42-24-44-36(40)26(4)22-38/h11-20,37-38H,3-10,21-24H2,1-2H3. The van der Waals surface area contributed by atoms with Gasteiger partial charge in [0, 0.05) is 6.07 Å². The number of carbonyl (C=O) groups is 2.